The summed E-state index contributed by atoms with van der Waals surface area (Å²) < 4.78 is 33.7. The van der Waals surface area contributed by atoms with Crippen LogP contribution >= 0.6 is 11.6 Å². The number of furan rings is 1. The van der Waals surface area contributed by atoms with Gasteiger partial charge in [0, 0.05) is 18.2 Å². The van der Waals surface area contributed by atoms with Gasteiger partial charge in [0.1, 0.15) is 5.76 Å². The molecule has 1 aromatic heterocycles. The molecule has 1 aliphatic rings. The number of Topliss-reactive ketones (excluding diaryl/α,β-unsaturated/α-hetero) is 1. The van der Waals surface area contributed by atoms with E-state index in [1.165, 1.54) is 6.07 Å². The lowest BCUT2D eigenvalue weighted by molar-refractivity contribution is 0.0971. The minimum Gasteiger partial charge on any atom is -0.459 e. The molecule has 0 atom stereocenters. The summed E-state index contributed by atoms with van der Waals surface area (Å²) in [4.78, 5) is 12.5. The molecule has 0 radical (unpaired) electrons. The molecule has 1 N–H and O–H groups in total. The second-order valence-electron chi connectivity index (χ2n) is 6.38. The number of halogens is 1. The highest BCUT2D eigenvalue weighted by atomic mass is 35.5. The molecule has 1 aliphatic carbocycles. The minimum atomic E-state index is -3.77. The Morgan fingerprint density at radius 1 is 1.15 bits per heavy atom. The number of ketones is 1. The smallest absolute Gasteiger partial charge is 0.262 e. The molecule has 0 unspecified atom stereocenters. The summed E-state index contributed by atoms with van der Waals surface area (Å²) in [7, 11) is -3.77. The monoisotopic (exact) mass is 389 g/mol. The summed E-state index contributed by atoms with van der Waals surface area (Å²) in [6.45, 7) is 1.73. The molecule has 0 fully saturated rings. The predicted molar refractivity (Wildman–Crippen MR) is 100 cm³/mol. The Labute approximate surface area is 156 Å². The van der Waals surface area contributed by atoms with E-state index in [-0.39, 0.29) is 15.7 Å². The van der Waals surface area contributed by atoms with Crippen LogP contribution in [0.5, 0.6) is 0 Å². The number of aryl methyl sites for hydroxylation is 2. The molecule has 7 heteroatoms. The number of hydrogen-bond donors (Lipinski definition) is 1. The molecule has 134 valence electrons. The Balaban J connectivity index is 1.82. The van der Waals surface area contributed by atoms with Crippen LogP contribution in [-0.2, 0) is 16.4 Å². The van der Waals surface area contributed by atoms with Crippen LogP contribution in [-0.4, -0.2) is 14.2 Å². The lowest BCUT2D eigenvalue weighted by atomic mass is 9.94. The van der Waals surface area contributed by atoms with E-state index in [1.54, 1.807) is 37.3 Å². The van der Waals surface area contributed by atoms with E-state index in [0.29, 0.717) is 46.4 Å². The molecule has 0 saturated carbocycles. The second-order valence-corrected chi connectivity index (χ2v) is 8.44. The predicted octanol–water partition coefficient (Wildman–Crippen LogP) is 4.71. The second kappa shape index (κ2) is 6.14. The Hall–Kier alpha value is -2.31. The van der Waals surface area contributed by atoms with Crippen molar-refractivity contribution < 1.29 is 17.6 Å². The zero-order valence-electron chi connectivity index (χ0n) is 14.0. The fourth-order valence-electron chi connectivity index (χ4n) is 3.35. The highest BCUT2D eigenvalue weighted by Gasteiger charge is 2.26. The molecule has 0 aliphatic heterocycles. The van der Waals surface area contributed by atoms with E-state index in [1.807, 2.05) is 0 Å². The van der Waals surface area contributed by atoms with Gasteiger partial charge in [-0.2, -0.15) is 0 Å². The standard InChI is InChI=1S/C19H16ClNO4S/c1-11-5-2-3-8-17(11)26(23,24)21-12-9-13-18-15(22)6-4-7-16(18)25-19(13)14(20)10-12/h2-3,5,8-10,21H,4,6-7H2,1H3. The maximum atomic E-state index is 12.7. The van der Waals surface area contributed by atoms with Crippen molar-refractivity contribution in [3.8, 4) is 0 Å². The zero-order valence-corrected chi connectivity index (χ0v) is 15.6. The van der Waals surface area contributed by atoms with Crippen LogP contribution in [0.1, 0.15) is 34.5 Å². The average molecular weight is 390 g/mol. The van der Waals surface area contributed by atoms with Gasteiger partial charge in [-0.1, -0.05) is 29.8 Å². The molecule has 1 heterocycles. The first-order valence-electron chi connectivity index (χ1n) is 8.23. The molecular weight excluding hydrogens is 374 g/mol. The molecule has 5 nitrogen and oxygen atoms in total. The quantitative estimate of drug-likeness (QED) is 0.703. The van der Waals surface area contributed by atoms with Crippen molar-refractivity contribution in [3.63, 3.8) is 0 Å². The maximum absolute atomic E-state index is 12.7. The fourth-order valence-corrected chi connectivity index (χ4v) is 4.90. The summed E-state index contributed by atoms with van der Waals surface area (Å²) in [5.74, 6) is 0.622. The van der Waals surface area contributed by atoms with Crippen molar-refractivity contribution in [3.05, 3.63) is 58.3 Å². The van der Waals surface area contributed by atoms with E-state index in [9.17, 15) is 13.2 Å². The van der Waals surface area contributed by atoms with Crippen LogP contribution < -0.4 is 4.72 Å². The Bertz CT molecular complexity index is 1150. The third-order valence-electron chi connectivity index (χ3n) is 4.54. The van der Waals surface area contributed by atoms with Gasteiger partial charge < -0.3 is 4.42 Å². The van der Waals surface area contributed by atoms with Crippen LogP contribution in [0.4, 0.5) is 5.69 Å². The van der Waals surface area contributed by atoms with Crippen molar-refractivity contribution >= 4 is 44.1 Å². The largest absolute Gasteiger partial charge is 0.459 e. The first-order valence-corrected chi connectivity index (χ1v) is 10.1. The number of carbonyl (C=O) groups excluding carboxylic acids is 1. The zero-order chi connectivity index (χ0) is 18.5. The number of anilines is 1. The summed E-state index contributed by atoms with van der Waals surface area (Å²) >= 11 is 6.30. The van der Waals surface area contributed by atoms with Gasteiger partial charge in [-0.05, 0) is 37.1 Å². The van der Waals surface area contributed by atoms with Crippen LogP contribution in [0, 0.1) is 6.92 Å². The maximum Gasteiger partial charge on any atom is 0.262 e. The molecule has 0 saturated heterocycles. The van der Waals surface area contributed by atoms with Gasteiger partial charge in [0.05, 0.1) is 21.2 Å². The van der Waals surface area contributed by atoms with Gasteiger partial charge in [-0.3, -0.25) is 9.52 Å². The number of fused-ring (bicyclic) bond motifs is 3. The molecule has 26 heavy (non-hydrogen) atoms. The summed E-state index contributed by atoms with van der Waals surface area (Å²) in [6.07, 6.45) is 1.88. The van der Waals surface area contributed by atoms with Crippen molar-refractivity contribution in [2.75, 3.05) is 4.72 Å². The molecule has 2 aromatic carbocycles. The number of benzene rings is 2. The number of hydrogen-bond acceptors (Lipinski definition) is 4. The SMILES string of the molecule is Cc1ccccc1S(=O)(=O)Nc1cc(Cl)c2oc3c(c2c1)C(=O)CCC3. The summed E-state index contributed by atoms with van der Waals surface area (Å²) in [6, 6.07) is 9.84. The van der Waals surface area contributed by atoms with Gasteiger partial charge in [0.2, 0.25) is 0 Å². The Morgan fingerprint density at radius 2 is 1.92 bits per heavy atom. The summed E-state index contributed by atoms with van der Waals surface area (Å²) in [5, 5.41) is 0.826. The lowest BCUT2D eigenvalue weighted by Crippen LogP contribution is -2.14. The van der Waals surface area contributed by atoms with Gasteiger partial charge in [0.15, 0.2) is 11.4 Å². The number of rotatable bonds is 3. The highest BCUT2D eigenvalue weighted by molar-refractivity contribution is 7.92. The highest BCUT2D eigenvalue weighted by Crippen LogP contribution is 2.38. The van der Waals surface area contributed by atoms with Crippen molar-refractivity contribution in [2.24, 2.45) is 0 Å². The van der Waals surface area contributed by atoms with Crippen molar-refractivity contribution in [2.45, 2.75) is 31.1 Å². The normalized spacial score (nSPS) is 14.5. The van der Waals surface area contributed by atoms with E-state index < -0.39 is 10.0 Å². The number of nitrogens with one attached hydrogen (secondary N) is 1. The third kappa shape index (κ3) is 2.79. The topological polar surface area (TPSA) is 76.4 Å². The molecule has 0 spiro atoms. The van der Waals surface area contributed by atoms with Gasteiger partial charge in [-0.25, -0.2) is 8.42 Å². The van der Waals surface area contributed by atoms with E-state index in [2.05, 4.69) is 4.72 Å². The first-order chi connectivity index (χ1) is 12.4. The Morgan fingerprint density at radius 3 is 2.69 bits per heavy atom. The molecule has 0 bridgehead atoms. The summed E-state index contributed by atoms with van der Waals surface area (Å²) in [5.41, 5.74) is 1.88. The van der Waals surface area contributed by atoms with E-state index in [4.69, 9.17) is 16.0 Å². The van der Waals surface area contributed by atoms with Gasteiger partial charge >= 0.3 is 0 Å². The molecule has 4 rings (SSSR count). The minimum absolute atomic E-state index is 0.0000207. The van der Waals surface area contributed by atoms with E-state index in [0.717, 1.165) is 6.42 Å². The third-order valence-corrected chi connectivity index (χ3v) is 6.36. The fraction of sp³-hybridized carbons (Fsp3) is 0.211. The molecule has 0 amide bonds. The molecule has 3 aromatic rings. The van der Waals surface area contributed by atoms with Gasteiger partial charge in [-0.15, -0.1) is 0 Å². The van der Waals surface area contributed by atoms with Crippen molar-refractivity contribution in [1.29, 1.82) is 0 Å². The lowest BCUT2D eigenvalue weighted by Gasteiger charge is -2.11. The first kappa shape index (κ1) is 17.1. The average Bonchev–Trinajstić information content (AvgIpc) is 2.95. The van der Waals surface area contributed by atoms with Crippen LogP contribution in [0.2, 0.25) is 5.02 Å². The van der Waals surface area contributed by atoms with Crippen LogP contribution in [0.3, 0.4) is 0 Å². The number of sulfonamides is 1. The number of carbonyl (C=O) groups is 1. The van der Waals surface area contributed by atoms with E-state index >= 15 is 0 Å². The van der Waals surface area contributed by atoms with Crippen LogP contribution in [0.25, 0.3) is 11.0 Å². The Kier molecular flexibility index (Phi) is 4.04. The van der Waals surface area contributed by atoms with Crippen LogP contribution in [0.15, 0.2) is 45.7 Å². The van der Waals surface area contributed by atoms with Crippen molar-refractivity contribution in [1.82, 2.24) is 0 Å². The molecular formula is C19H16ClNO4S. The van der Waals surface area contributed by atoms with Gasteiger partial charge in [0.25, 0.3) is 10.0 Å².